The van der Waals surface area contributed by atoms with Crippen LogP contribution in [0.15, 0.2) is 30.4 Å². The summed E-state index contributed by atoms with van der Waals surface area (Å²) in [6.07, 6.45) is 12.9. The van der Waals surface area contributed by atoms with Crippen LogP contribution in [0.2, 0.25) is 0 Å². The molecular formula is C23H36N4O3. The van der Waals surface area contributed by atoms with Gasteiger partial charge in [-0.1, -0.05) is 53.0 Å². The maximum Gasteiger partial charge on any atom is 0.328 e. The van der Waals surface area contributed by atoms with Gasteiger partial charge in [-0.2, -0.15) is 0 Å². The second-order valence-electron chi connectivity index (χ2n) is 8.97. The molecule has 30 heavy (non-hydrogen) atoms. The lowest BCUT2D eigenvalue weighted by Gasteiger charge is -2.37. The highest BCUT2D eigenvalue weighted by Gasteiger charge is 2.36. The van der Waals surface area contributed by atoms with Gasteiger partial charge < -0.3 is 15.4 Å². The van der Waals surface area contributed by atoms with Gasteiger partial charge in [-0.3, -0.25) is 9.78 Å². The zero-order valence-corrected chi connectivity index (χ0v) is 18.9. The van der Waals surface area contributed by atoms with Crippen molar-refractivity contribution in [2.75, 3.05) is 7.11 Å². The van der Waals surface area contributed by atoms with Crippen LogP contribution in [-0.4, -0.2) is 41.0 Å². The third-order valence-corrected chi connectivity index (χ3v) is 5.58. The summed E-state index contributed by atoms with van der Waals surface area (Å²) in [6, 6.07) is -0.755. The Kier molecular flexibility index (Phi) is 8.81. The maximum absolute atomic E-state index is 12.9. The summed E-state index contributed by atoms with van der Waals surface area (Å²) < 4.78 is 5.06. The smallest absolute Gasteiger partial charge is 0.328 e. The van der Waals surface area contributed by atoms with Gasteiger partial charge in [-0.25, -0.2) is 9.78 Å². The summed E-state index contributed by atoms with van der Waals surface area (Å²) in [5.41, 5.74) is 0.799. The first-order valence-corrected chi connectivity index (χ1v) is 10.9. The minimum absolute atomic E-state index is 0.228. The van der Waals surface area contributed by atoms with E-state index in [4.69, 9.17) is 4.74 Å². The number of rotatable bonds is 8. The molecule has 1 aromatic heterocycles. The fourth-order valence-electron chi connectivity index (χ4n) is 3.96. The van der Waals surface area contributed by atoms with Crippen molar-refractivity contribution in [3.63, 3.8) is 0 Å². The van der Waals surface area contributed by atoms with Crippen molar-refractivity contribution in [3.8, 4) is 0 Å². The molecule has 1 fully saturated rings. The van der Waals surface area contributed by atoms with Crippen LogP contribution in [0.5, 0.6) is 0 Å². The SMILES string of the molecule is CC/C=C(\N[C@H](C(=O)OC)C(C)(C)C)[C@@H](NC(=O)c1cnccn1)C1CCCCC1. The number of aromatic nitrogens is 2. The van der Waals surface area contributed by atoms with Crippen LogP contribution < -0.4 is 10.6 Å². The molecule has 0 unspecified atom stereocenters. The molecule has 1 aliphatic carbocycles. The topological polar surface area (TPSA) is 93.2 Å². The summed E-state index contributed by atoms with van der Waals surface area (Å²) >= 11 is 0. The summed E-state index contributed by atoms with van der Waals surface area (Å²) in [6.45, 7) is 8.05. The third kappa shape index (κ3) is 6.54. The Labute approximate surface area is 180 Å². The highest BCUT2D eigenvalue weighted by Crippen LogP contribution is 2.31. The predicted octanol–water partition coefficient (Wildman–Crippen LogP) is 3.63. The third-order valence-electron chi connectivity index (χ3n) is 5.58. The first kappa shape index (κ1) is 23.8. The van der Waals surface area contributed by atoms with Crippen molar-refractivity contribution in [2.24, 2.45) is 11.3 Å². The molecule has 0 aliphatic heterocycles. The Morgan fingerprint density at radius 2 is 1.90 bits per heavy atom. The number of amides is 1. The number of carbonyl (C=O) groups excluding carboxylic acids is 2. The Morgan fingerprint density at radius 1 is 1.20 bits per heavy atom. The van der Waals surface area contributed by atoms with E-state index in [1.807, 2.05) is 27.7 Å². The van der Waals surface area contributed by atoms with Gasteiger partial charge in [0.2, 0.25) is 0 Å². The van der Waals surface area contributed by atoms with Gasteiger partial charge in [0.25, 0.3) is 5.91 Å². The second-order valence-corrected chi connectivity index (χ2v) is 8.97. The average Bonchev–Trinajstić information content (AvgIpc) is 2.74. The van der Waals surface area contributed by atoms with E-state index in [1.165, 1.54) is 25.9 Å². The lowest BCUT2D eigenvalue weighted by Crippen LogP contribution is -2.53. The van der Waals surface area contributed by atoms with Gasteiger partial charge in [0.15, 0.2) is 0 Å². The van der Waals surface area contributed by atoms with E-state index in [9.17, 15) is 9.59 Å². The van der Waals surface area contributed by atoms with E-state index in [2.05, 4.69) is 26.7 Å². The van der Waals surface area contributed by atoms with Crippen LogP contribution in [0.4, 0.5) is 0 Å². The molecule has 1 heterocycles. The standard InChI is InChI=1S/C23H36N4O3/c1-6-10-17(26-20(22(29)30-5)23(2,3)4)19(16-11-8-7-9-12-16)27-21(28)18-15-24-13-14-25-18/h10,13-16,19-20,26H,6-9,11-12H2,1-5H3,(H,27,28)/b17-10-/t19-,20+/m0/s1. The van der Waals surface area contributed by atoms with E-state index in [-0.39, 0.29) is 29.0 Å². The molecule has 2 rings (SSSR count). The first-order valence-electron chi connectivity index (χ1n) is 10.9. The van der Waals surface area contributed by atoms with Gasteiger partial charge in [0.05, 0.1) is 19.3 Å². The summed E-state index contributed by atoms with van der Waals surface area (Å²) in [4.78, 5) is 33.6. The molecule has 1 aliphatic rings. The molecule has 0 bridgehead atoms. The zero-order valence-electron chi connectivity index (χ0n) is 18.9. The van der Waals surface area contributed by atoms with Gasteiger partial charge in [-0.05, 0) is 30.6 Å². The highest BCUT2D eigenvalue weighted by atomic mass is 16.5. The molecule has 2 N–H and O–H groups in total. The van der Waals surface area contributed by atoms with Crippen LogP contribution in [0.3, 0.4) is 0 Å². The van der Waals surface area contributed by atoms with Crippen molar-refractivity contribution in [1.82, 2.24) is 20.6 Å². The molecule has 2 atom stereocenters. The minimum Gasteiger partial charge on any atom is -0.467 e. The average molecular weight is 417 g/mol. The minimum atomic E-state index is -0.528. The lowest BCUT2D eigenvalue weighted by atomic mass is 9.81. The number of esters is 1. The number of carbonyl (C=O) groups is 2. The number of ether oxygens (including phenoxy) is 1. The van der Waals surface area contributed by atoms with Gasteiger partial charge in [0, 0.05) is 18.1 Å². The normalized spacial score (nSPS) is 17.7. The van der Waals surface area contributed by atoms with E-state index in [0.717, 1.165) is 37.8 Å². The number of allylic oxidation sites excluding steroid dienone is 1. The van der Waals surface area contributed by atoms with Gasteiger partial charge in [-0.15, -0.1) is 0 Å². The molecule has 0 radical (unpaired) electrons. The number of nitrogens with zero attached hydrogens (tertiary/aromatic N) is 2. The van der Waals surface area contributed by atoms with Crippen LogP contribution >= 0.6 is 0 Å². The van der Waals surface area contributed by atoms with Crippen LogP contribution in [-0.2, 0) is 9.53 Å². The summed E-state index contributed by atoms with van der Waals surface area (Å²) in [5.74, 6) is -0.275. The van der Waals surface area contributed by atoms with Gasteiger partial charge in [0.1, 0.15) is 11.7 Å². The molecule has 0 spiro atoms. The van der Waals surface area contributed by atoms with E-state index < -0.39 is 6.04 Å². The van der Waals surface area contributed by atoms with E-state index >= 15 is 0 Å². The Bertz CT molecular complexity index is 722. The van der Waals surface area contributed by atoms with Crippen molar-refractivity contribution in [2.45, 2.75) is 78.3 Å². The molecule has 0 saturated heterocycles. The maximum atomic E-state index is 12.9. The summed E-state index contributed by atoms with van der Waals surface area (Å²) in [5, 5.41) is 6.61. The first-order chi connectivity index (χ1) is 14.3. The summed E-state index contributed by atoms with van der Waals surface area (Å²) in [7, 11) is 1.40. The van der Waals surface area contributed by atoms with Gasteiger partial charge >= 0.3 is 5.97 Å². The van der Waals surface area contributed by atoms with Crippen molar-refractivity contribution >= 4 is 11.9 Å². The molecule has 7 nitrogen and oxygen atoms in total. The van der Waals surface area contributed by atoms with Crippen molar-refractivity contribution in [3.05, 3.63) is 36.1 Å². The molecule has 0 aromatic carbocycles. The largest absolute Gasteiger partial charge is 0.467 e. The second kappa shape index (κ2) is 11.1. The van der Waals surface area contributed by atoms with Crippen LogP contribution in [0, 0.1) is 11.3 Å². The quantitative estimate of drug-likeness (QED) is 0.629. The van der Waals surface area contributed by atoms with E-state index in [1.54, 1.807) is 6.20 Å². The molecule has 166 valence electrons. The molecule has 1 aromatic rings. The number of nitrogens with one attached hydrogen (secondary N) is 2. The van der Waals surface area contributed by atoms with Crippen LogP contribution in [0.1, 0.15) is 76.7 Å². The zero-order chi connectivity index (χ0) is 22.1. The molecule has 1 saturated carbocycles. The Balaban J connectivity index is 2.35. The number of hydrogen-bond donors (Lipinski definition) is 2. The lowest BCUT2D eigenvalue weighted by molar-refractivity contribution is -0.145. The Hall–Kier alpha value is -2.44. The predicted molar refractivity (Wildman–Crippen MR) is 117 cm³/mol. The fourth-order valence-corrected chi connectivity index (χ4v) is 3.96. The molecule has 7 heteroatoms. The van der Waals surface area contributed by atoms with E-state index in [0.29, 0.717) is 5.92 Å². The fraction of sp³-hybridized carbons (Fsp3) is 0.652. The Morgan fingerprint density at radius 3 is 2.43 bits per heavy atom. The highest BCUT2D eigenvalue weighted by molar-refractivity contribution is 5.92. The van der Waals surface area contributed by atoms with Crippen molar-refractivity contribution < 1.29 is 14.3 Å². The van der Waals surface area contributed by atoms with Crippen molar-refractivity contribution in [1.29, 1.82) is 0 Å². The van der Waals surface area contributed by atoms with Crippen LogP contribution in [0.25, 0.3) is 0 Å². The number of hydrogen-bond acceptors (Lipinski definition) is 6. The number of methoxy groups -OCH3 is 1. The monoisotopic (exact) mass is 416 g/mol. The molecule has 1 amide bonds. The molecular weight excluding hydrogens is 380 g/mol.